The lowest BCUT2D eigenvalue weighted by molar-refractivity contribution is -0.113. The van der Waals surface area contributed by atoms with Crippen molar-refractivity contribution >= 4 is 11.6 Å². The molecule has 1 rings (SSSR count). The van der Waals surface area contributed by atoms with Gasteiger partial charge in [0.1, 0.15) is 0 Å². The number of hydrogen-bond donors (Lipinski definition) is 1. The van der Waals surface area contributed by atoms with Gasteiger partial charge in [0.15, 0.2) is 11.6 Å². The van der Waals surface area contributed by atoms with Crippen LogP contribution >= 0.6 is 0 Å². The fraction of sp³-hybridized carbons (Fsp3) is 0.455. The molecule has 3 heteroatoms. The summed E-state index contributed by atoms with van der Waals surface area (Å²) in [7, 11) is 0. The molecular formula is C11H15NO2. The highest BCUT2D eigenvalue weighted by atomic mass is 16.1. The van der Waals surface area contributed by atoms with Crippen LogP contribution in [0.4, 0.5) is 0 Å². The van der Waals surface area contributed by atoms with Crippen LogP contribution < -0.4 is 5.32 Å². The van der Waals surface area contributed by atoms with Crippen LogP contribution in [-0.2, 0) is 9.59 Å². The standard InChI is InChI=1S/C11H15NO2/c1-6-10(8(3)13)5-11(9(4)14)7(2)12-6/h5-6,12H,1-4H3. The Morgan fingerprint density at radius 3 is 2.29 bits per heavy atom. The van der Waals surface area contributed by atoms with Gasteiger partial charge in [-0.1, -0.05) is 0 Å². The van der Waals surface area contributed by atoms with Gasteiger partial charge in [0, 0.05) is 16.8 Å². The molecule has 0 fully saturated rings. The Labute approximate surface area is 83.9 Å². The molecule has 1 N–H and O–H groups in total. The zero-order chi connectivity index (χ0) is 10.9. The summed E-state index contributed by atoms with van der Waals surface area (Å²) in [4.78, 5) is 22.5. The maximum Gasteiger partial charge on any atom is 0.161 e. The van der Waals surface area contributed by atoms with E-state index in [1.165, 1.54) is 13.8 Å². The number of rotatable bonds is 2. The molecule has 0 spiro atoms. The number of nitrogens with one attached hydrogen (secondary N) is 1. The second-order valence-corrected chi connectivity index (χ2v) is 3.62. The molecule has 0 aromatic carbocycles. The van der Waals surface area contributed by atoms with Crippen LogP contribution in [-0.4, -0.2) is 17.6 Å². The minimum atomic E-state index is -0.0133. The van der Waals surface area contributed by atoms with Crippen molar-refractivity contribution in [3.63, 3.8) is 0 Å². The van der Waals surface area contributed by atoms with Crippen LogP contribution in [0, 0.1) is 0 Å². The third-order valence-electron chi connectivity index (χ3n) is 2.39. The molecule has 1 atom stereocenters. The van der Waals surface area contributed by atoms with Gasteiger partial charge < -0.3 is 5.32 Å². The van der Waals surface area contributed by atoms with E-state index < -0.39 is 0 Å². The molecule has 1 heterocycles. The first-order chi connectivity index (χ1) is 6.43. The van der Waals surface area contributed by atoms with Crippen molar-refractivity contribution in [2.45, 2.75) is 33.7 Å². The van der Waals surface area contributed by atoms with E-state index in [1.54, 1.807) is 6.08 Å². The lowest BCUT2D eigenvalue weighted by Gasteiger charge is -2.23. The zero-order valence-corrected chi connectivity index (χ0v) is 8.97. The Balaban J connectivity index is 3.14. The molecule has 0 radical (unpaired) electrons. The van der Waals surface area contributed by atoms with Crippen LogP contribution in [0.1, 0.15) is 27.7 Å². The SMILES string of the molecule is CC(=O)C1=CC(C(C)=O)=C(C)NC1C. The normalized spacial score (nSPS) is 21.4. The monoisotopic (exact) mass is 193 g/mol. The molecule has 14 heavy (non-hydrogen) atoms. The van der Waals surface area contributed by atoms with Gasteiger partial charge in [-0.05, 0) is 33.8 Å². The topological polar surface area (TPSA) is 46.2 Å². The number of Topliss-reactive ketones (excluding diaryl/α,β-unsaturated/α-hetero) is 2. The van der Waals surface area contributed by atoms with Crippen molar-refractivity contribution in [3.05, 3.63) is 22.9 Å². The second-order valence-electron chi connectivity index (χ2n) is 3.62. The Morgan fingerprint density at radius 2 is 1.86 bits per heavy atom. The summed E-state index contributed by atoms with van der Waals surface area (Å²) in [6.07, 6.45) is 1.70. The van der Waals surface area contributed by atoms with E-state index in [4.69, 9.17) is 0 Å². The zero-order valence-electron chi connectivity index (χ0n) is 8.97. The largest absolute Gasteiger partial charge is 0.381 e. The van der Waals surface area contributed by atoms with E-state index in [-0.39, 0.29) is 17.6 Å². The minimum absolute atomic E-state index is 0.00407. The van der Waals surface area contributed by atoms with Crippen molar-refractivity contribution < 1.29 is 9.59 Å². The molecule has 0 aliphatic carbocycles. The van der Waals surface area contributed by atoms with Crippen LogP contribution in [0.15, 0.2) is 22.9 Å². The Hall–Kier alpha value is -1.38. The Kier molecular flexibility index (Phi) is 2.89. The highest BCUT2D eigenvalue weighted by Crippen LogP contribution is 2.18. The lowest BCUT2D eigenvalue weighted by Crippen LogP contribution is -2.33. The summed E-state index contributed by atoms with van der Waals surface area (Å²) in [6.45, 7) is 6.78. The molecular weight excluding hydrogens is 178 g/mol. The molecule has 0 saturated heterocycles. The average molecular weight is 193 g/mol. The van der Waals surface area contributed by atoms with Gasteiger partial charge in [0.2, 0.25) is 0 Å². The summed E-state index contributed by atoms with van der Waals surface area (Å²) < 4.78 is 0. The molecule has 76 valence electrons. The third-order valence-corrected chi connectivity index (χ3v) is 2.39. The summed E-state index contributed by atoms with van der Waals surface area (Å²) in [5.41, 5.74) is 2.11. The first-order valence-electron chi connectivity index (χ1n) is 4.64. The number of allylic oxidation sites excluding steroid dienone is 3. The summed E-state index contributed by atoms with van der Waals surface area (Å²) >= 11 is 0. The Bertz CT molecular complexity index is 350. The van der Waals surface area contributed by atoms with Crippen molar-refractivity contribution in [1.82, 2.24) is 5.32 Å². The Morgan fingerprint density at radius 1 is 1.29 bits per heavy atom. The molecule has 0 saturated carbocycles. The number of carbonyl (C=O) groups excluding carboxylic acids is 2. The quantitative estimate of drug-likeness (QED) is 0.720. The molecule has 3 nitrogen and oxygen atoms in total. The summed E-state index contributed by atoms with van der Waals surface area (Å²) in [5.74, 6) is -0.00287. The van der Waals surface area contributed by atoms with Gasteiger partial charge in [-0.3, -0.25) is 9.59 Å². The van der Waals surface area contributed by atoms with Crippen LogP contribution in [0.5, 0.6) is 0 Å². The molecule has 0 bridgehead atoms. The van der Waals surface area contributed by atoms with Crippen LogP contribution in [0.2, 0.25) is 0 Å². The molecule has 0 aromatic heterocycles. The number of dihydropyridines is 1. The maximum atomic E-state index is 11.2. The maximum absolute atomic E-state index is 11.2. The second kappa shape index (κ2) is 3.78. The van der Waals surface area contributed by atoms with E-state index in [2.05, 4.69) is 5.32 Å². The summed E-state index contributed by atoms with van der Waals surface area (Å²) in [5, 5.41) is 3.11. The van der Waals surface area contributed by atoms with Gasteiger partial charge in [0.25, 0.3) is 0 Å². The molecule has 1 unspecified atom stereocenters. The van der Waals surface area contributed by atoms with Gasteiger partial charge in [-0.2, -0.15) is 0 Å². The first kappa shape index (κ1) is 10.7. The van der Waals surface area contributed by atoms with E-state index in [0.29, 0.717) is 11.1 Å². The average Bonchev–Trinajstić information content (AvgIpc) is 2.02. The fourth-order valence-electron chi connectivity index (χ4n) is 1.64. The van der Waals surface area contributed by atoms with Gasteiger partial charge in [-0.15, -0.1) is 0 Å². The number of hydrogen-bond acceptors (Lipinski definition) is 3. The van der Waals surface area contributed by atoms with Crippen LogP contribution in [0.25, 0.3) is 0 Å². The molecule has 0 aromatic rings. The third kappa shape index (κ3) is 1.92. The van der Waals surface area contributed by atoms with Crippen molar-refractivity contribution in [3.8, 4) is 0 Å². The predicted octanol–water partition coefficient (Wildman–Crippen LogP) is 1.36. The lowest BCUT2D eigenvalue weighted by atomic mass is 9.95. The molecule has 1 aliphatic rings. The van der Waals surface area contributed by atoms with Gasteiger partial charge in [0.05, 0.1) is 6.04 Å². The van der Waals surface area contributed by atoms with Gasteiger partial charge >= 0.3 is 0 Å². The van der Waals surface area contributed by atoms with E-state index in [0.717, 1.165) is 5.70 Å². The predicted molar refractivity (Wildman–Crippen MR) is 54.7 cm³/mol. The highest BCUT2D eigenvalue weighted by molar-refractivity contribution is 6.02. The number of carbonyl (C=O) groups is 2. The van der Waals surface area contributed by atoms with Crippen molar-refractivity contribution in [2.24, 2.45) is 0 Å². The van der Waals surface area contributed by atoms with Crippen molar-refractivity contribution in [1.29, 1.82) is 0 Å². The fourth-order valence-corrected chi connectivity index (χ4v) is 1.64. The number of ketones is 2. The highest BCUT2D eigenvalue weighted by Gasteiger charge is 2.21. The van der Waals surface area contributed by atoms with E-state index in [1.807, 2.05) is 13.8 Å². The molecule has 0 amide bonds. The minimum Gasteiger partial charge on any atom is -0.381 e. The smallest absolute Gasteiger partial charge is 0.161 e. The van der Waals surface area contributed by atoms with E-state index >= 15 is 0 Å². The van der Waals surface area contributed by atoms with E-state index in [9.17, 15) is 9.59 Å². The van der Waals surface area contributed by atoms with Gasteiger partial charge in [-0.25, -0.2) is 0 Å². The first-order valence-corrected chi connectivity index (χ1v) is 4.64. The van der Waals surface area contributed by atoms with Crippen molar-refractivity contribution in [2.75, 3.05) is 0 Å². The molecule has 1 aliphatic heterocycles. The summed E-state index contributed by atoms with van der Waals surface area (Å²) in [6, 6.07) is -0.00407. The van der Waals surface area contributed by atoms with Crippen LogP contribution in [0.3, 0.4) is 0 Å².